The van der Waals surface area contributed by atoms with Crippen molar-refractivity contribution in [2.24, 2.45) is 27.4 Å². The Morgan fingerprint density at radius 2 is 2.08 bits per heavy atom. The molecule has 0 amide bonds. The Labute approximate surface area is 151 Å². The molecule has 1 aliphatic rings. The molecule has 0 saturated carbocycles. The number of alkyl halides is 2. The Kier molecular flexibility index (Phi) is 9.27. The third-order valence-corrected chi connectivity index (χ3v) is 3.62. The van der Waals surface area contributed by atoms with Crippen molar-refractivity contribution in [1.82, 2.24) is 5.32 Å². The van der Waals surface area contributed by atoms with Gasteiger partial charge in [0.1, 0.15) is 12.4 Å². The first-order valence-electron chi connectivity index (χ1n) is 8.19. The van der Waals surface area contributed by atoms with E-state index in [4.69, 9.17) is 21.6 Å². The maximum atomic E-state index is 12.0. The van der Waals surface area contributed by atoms with Crippen molar-refractivity contribution in [3.05, 3.63) is 23.9 Å². The Balaban J connectivity index is 2.67. The van der Waals surface area contributed by atoms with Gasteiger partial charge in [0.25, 0.3) is 0 Å². The molecular formula is C16H26F2N6O2. The summed E-state index contributed by atoms with van der Waals surface area (Å²) in [6.07, 6.45) is 5.94. The van der Waals surface area contributed by atoms with E-state index in [2.05, 4.69) is 33.9 Å². The normalized spacial score (nSPS) is 22.9. The molecule has 2 atom stereocenters. The van der Waals surface area contributed by atoms with Crippen LogP contribution in [0.2, 0.25) is 0 Å². The van der Waals surface area contributed by atoms with Gasteiger partial charge in [-0.3, -0.25) is 10.4 Å². The average Bonchev–Trinajstić information content (AvgIpc) is 2.54. The summed E-state index contributed by atoms with van der Waals surface area (Å²) in [5.74, 6) is 0.121. The number of piperidine rings is 1. The fourth-order valence-corrected chi connectivity index (χ4v) is 2.38. The zero-order valence-corrected chi connectivity index (χ0v) is 14.9. The molecule has 8 nitrogen and oxygen atoms in total. The van der Waals surface area contributed by atoms with Crippen LogP contribution in [0.15, 0.2) is 33.8 Å². The van der Waals surface area contributed by atoms with Crippen LogP contribution in [0.25, 0.3) is 0 Å². The summed E-state index contributed by atoms with van der Waals surface area (Å²) in [5.41, 5.74) is 10.8. The van der Waals surface area contributed by atoms with Crippen LogP contribution in [0.1, 0.15) is 26.7 Å². The molecule has 0 aromatic rings. The molecule has 26 heavy (non-hydrogen) atoms. The summed E-state index contributed by atoms with van der Waals surface area (Å²) in [4.78, 5) is 7.73. The van der Waals surface area contributed by atoms with Gasteiger partial charge >= 0.3 is 6.61 Å². The van der Waals surface area contributed by atoms with Gasteiger partial charge in [-0.1, -0.05) is 13.8 Å². The van der Waals surface area contributed by atoms with Crippen LogP contribution in [-0.4, -0.2) is 43.8 Å². The highest BCUT2D eigenvalue weighted by Crippen LogP contribution is 2.18. The van der Waals surface area contributed by atoms with E-state index < -0.39 is 12.5 Å². The first-order chi connectivity index (χ1) is 12.3. The molecule has 0 bridgehead atoms. The second-order valence-corrected chi connectivity index (χ2v) is 6.00. The molecule has 1 heterocycles. The highest BCUT2D eigenvalue weighted by molar-refractivity contribution is 6.28. The molecule has 1 rings (SSSR count). The van der Waals surface area contributed by atoms with E-state index in [0.717, 1.165) is 31.8 Å². The van der Waals surface area contributed by atoms with Crippen molar-refractivity contribution >= 4 is 18.5 Å². The fourth-order valence-electron chi connectivity index (χ4n) is 2.38. The second-order valence-electron chi connectivity index (χ2n) is 6.00. The van der Waals surface area contributed by atoms with Gasteiger partial charge in [-0.05, 0) is 25.3 Å². The van der Waals surface area contributed by atoms with Gasteiger partial charge in [-0.15, -0.1) is 0 Å². The summed E-state index contributed by atoms with van der Waals surface area (Å²) >= 11 is 0. The predicted molar refractivity (Wildman–Crippen MR) is 97.1 cm³/mol. The van der Waals surface area contributed by atoms with E-state index in [1.54, 1.807) is 0 Å². The number of aliphatic imine (C=N–C) groups is 2. The number of hydrogen-bond donors (Lipinski definition) is 4. The largest absolute Gasteiger partial charge is 0.473 e. The number of nitrogens with one attached hydrogen (secondary N) is 2. The first-order valence-corrected chi connectivity index (χ1v) is 8.19. The zero-order valence-electron chi connectivity index (χ0n) is 14.9. The van der Waals surface area contributed by atoms with Crippen molar-refractivity contribution in [3.8, 4) is 0 Å². The molecule has 2 unspecified atom stereocenters. The highest BCUT2D eigenvalue weighted by atomic mass is 19.3. The van der Waals surface area contributed by atoms with Crippen LogP contribution in [-0.2, 0) is 9.47 Å². The summed E-state index contributed by atoms with van der Waals surface area (Å²) in [6, 6.07) is 0.352. The van der Waals surface area contributed by atoms with Crippen molar-refractivity contribution in [2.45, 2.75) is 45.4 Å². The SMILES string of the molecule is CC(C)C1CC(OC(C=N/C=C(N)\C=C(/N)OC(F)F)=NC=N)CCN1. The van der Waals surface area contributed by atoms with Crippen molar-refractivity contribution in [2.75, 3.05) is 6.54 Å². The molecule has 0 radical (unpaired) electrons. The molecule has 1 fully saturated rings. The van der Waals surface area contributed by atoms with E-state index >= 15 is 0 Å². The van der Waals surface area contributed by atoms with Crippen LogP contribution in [0.3, 0.4) is 0 Å². The Morgan fingerprint density at radius 3 is 2.69 bits per heavy atom. The van der Waals surface area contributed by atoms with Crippen LogP contribution < -0.4 is 16.8 Å². The molecule has 0 aromatic carbocycles. The summed E-state index contributed by atoms with van der Waals surface area (Å²) < 4.78 is 33.7. The van der Waals surface area contributed by atoms with Gasteiger partial charge < -0.3 is 26.3 Å². The summed E-state index contributed by atoms with van der Waals surface area (Å²) in [5, 5.41) is 10.6. The lowest BCUT2D eigenvalue weighted by atomic mass is 9.93. The minimum absolute atomic E-state index is 0.00958. The lowest BCUT2D eigenvalue weighted by molar-refractivity contribution is -0.0968. The molecule has 1 saturated heterocycles. The third-order valence-electron chi connectivity index (χ3n) is 3.62. The zero-order chi connectivity index (χ0) is 19.5. The van der Waals surface area contributed by atoms with E-state index in [1.165, 1.54) is 12.4 Å². The van der Waals surface area contributed by atoms with E-state index in [-0.39, 0.29) is 17.7 Å². The third kappa shape index (κ3) is 8.56. The second kappa shape index (κ2) is 11.2. The Bertz CT molecular complexity index is 575. The minimum Gasteiger partial charge on any atom is -0.473 e. The summed E-state index contributed by atoms with van der Waals surface area (Å²) in [7, 11) is 0. The Hall–Kier alpha value is -2.49. The van der Waals surface area contributed by atoms with Crippen LogP contribution >= 0.6 is 0 Å². The topological polar surface area (TPSA) is 131 Å². The van der Waals surface area contributed by atoms with Gasteiger partial charge in [0.2, 0.25) is 5.90 Å². The highest BCUT2D eigenvalue weighted by Gasteiger charge is 2.25. The summed E-state index contributed by atoms with van der Waals surface area (Å²) in [6.45, 7) is 2.09. The lowest BCUT2D eigenvalue weighted by Crippen LogP contribution is -2.44. The maximum Gasteiger partial charge on any atom is 0.388 e. The molecule has 1 aliphatic heterocycles. The standard InChI is InChI=1S/C16H26F2N6O2/c1-10(2)13-6-12(3-4-23-13)25-15(24-9-19)8-22-7-11(20)5-14(21)26-16(17)18/h5,7-10,12-13,16,19,23H,3-4,6,20-21H2,1-2H3/b11-7+,14-5+,19-9?,22-8?,24-15?. The smallest absolute Gasteiger partial charge is 0.388 e. The number of allylic oxidation sites excluding steroid dienone is 1. The molecular weight excluding hydrogens is 346 g/mol. The molecule has 6 N–H and O–H groups in total. The van der Waals surface area contributed by atoms with Gasteiger partial charge in [-0.25, -0.2) is 4.99 Å². The van der Waals surface area contributed by atoms with Crippen molar-refractivity contribution in [1.29, 1.82) is 5.41 Å². The van der Waals surface area contributed by atoms with Crippen molar-refractivity contribution < 1.29 is 18.3 Å². The monoisotopic (exact) mass is 372 g/mol. The van der Waals surface area contributed by atoms with Crippen molar-refractivity contribution in [3.63, 3.8) is 0 Å². The molecule has 146 valence electrons. The van der Waals surface area contributed by atoms with Crippen LogP contribution in [0, 0.1) is 11.3 Å². The molecule has 0 spiro atoms. The van der Waals surface area contributed by atoms with Gasteiger partial charge in [0.05, 0.1) is 18.1 Å². The van der Waals surface area contributed by atoms with E-state index in [0.29, 0.717) is 12.0 Å². The number of nitrogens with zero attached hydrogens (tertiary/aromatic N) is 2. The van der Waals surface area contributed by atoms with Crippen LogP contribution in [0.4, 0.5) is 8.78 Å². The predicted octanol–water partition coefficient (Wildman–Crippen LogP) is 1.70. The number of nitrogens with two attached hydrogens (primary N) is 2. The number of halogens is 2. The lowest BCUT2D eigenvalue weighted by Gasteiger charge is -2.32. The molecule has 0 aliphatic carbocycles. The molecule has 0 aromatic heterocycles. The average molecular weight is 372 g/mol. The van der Waals surface area contributed by atoms with E-state index in [1.807, 2.05) is 0 Å². The number of rotatable bonds is 8. The minimum atomic E-state index is -3.03. The quantitative estimate of drug-likeness (QED) is 0.223. The van der Waals surface area contributed by atoms with Crippen LogP contribution in [0.5, 0.6) is 0 Å². The van der Waals surface area contributed by atoms with Gasteiger partial charge in [0, 0.05) is 12.1 Å². The Morgan fingerprint density at radius 1 is 1.35 bits per heavy atom. The molecule has 10 heteroatoms. The van der Waals surface area contributed by atoms with Gasteiger partial charge in [0.15, 0.2) is 5.88 Å². The first kappa shape index (κ1) is 21.6. The number of ether oxygens (including phenoxy) is 2. The van der Waals surface area contributed by atoms with Gasteiger partial charge in [-0.2, -0.15) is 8.78 Å². The fraction of sp³-hybridized carbons (Fsp3) is 0.562. The maximum absolute atomic E-state index is 12.0. The number of hydrogen-bond acceptors (Lipinski definition) is 7. The van der Waals surface area contributed by atoms with E-state index in [9.17, 15) is 8.78 Å².